The van der Waals surface area contributed by atoms with E-state index in [2.05, 4.69) is 15.2 Å². The second kappa shape index (κ2) is 4.07. The van der Waals surface area contributed by atoms with Crippen molar-refractivity contribution in [3.63, 3.8) is 0 Å². The van der Waals surface area contributed by atoms with E-state index in [9.17, 15) is 8.42 Å². The molecule has 0 aromatic heterocycles. The topological polar surface area (TPSA) is 84.5 Å². The molecule has 96 valence electrons. The molecule has 2 aliphatic carbocycles. The van der Waals surface area contributed by atoms with Gasteiger partial charge >= 0.3 is 10.2 Å². The molecule has 3 rings (SSSR count). The van der Waals surface area contributed by atoms with Crippen molar-refractivity contribution in [1.82, 2.24) is 4.72 Å². The van der Waals surface area contributed by atoms with Crippen LogP contribution < -0.4 is 10.5 Å². The van der Waals surface area contributed by atoms with E-state index in [0.29, 0.717) is 0 Å². The lowest BCUT2D eigenvalue weighted by molar-refractivity contribution is 0.545. The van der Waals surface area contributed by atoms with Gasteiger partial charge in [-0.05, 0) is 24.8 Å². The van der Waals surface area contributed by atoms with Crippen molar-refractivity contribution in [1.29, 1.82) is 0 Å². The fraction of sp³-hybridized carbons (Fsp3) is 0.417. The van der Waals surface area contributed by atoms with Crippen molar-refractivity contribution < 1.29 is 8.42 Å². The van der Waals surface area contributed by atoms with E-state index in [1.165, 1.54) is 12.0 Å². The summed E-state index contributed by atoms with van der Waals surface area (Å²) in [6.07, 6.45) is 11.3. The van der Waals surface area contributed by atoms with Crippen LogP contribution in [0.4, 0.5) is 0 Å². The lowest BCUT2D eigenvalue weighted by Crippen LogP contribution is -2.50. The molecule has 2 unspecified atom stereocenters. The number of hydrogen-bond acceptors (Lipinski definition) is 3. The zero-order valence-corrected chi connectivity index (χ0v) is 10.7. The Kier molecular flexibility index (Phi) is 2.64. The molecule has 0 radical (unpaired) electrons. The summed E-state index contributed by atoms with van der Waals surface area (Å²) >= 11 is 0. The van der Waals surface area contributed by atoms with Crippen molar-refractivity contribution in [2.45, 2.75) is 25.3 Å². The molecular formula is C12H15N3O2S. The van der Waals surface area contributed by atoms with Crippen LogP contribution in [0.3, 0.4) is 0 Å². The summed E-state index contributed by atoms with van der Waals surface area (Å²) in [6, 6.07) is -0.315. The Balaban J connectivity index is 1.98. The van der Waals surface area contributed by atoms with Crippen molar-refractivity contribution in [2.24, 2.45) is 16.0 Å². The number of hydrogen-bond donors (Lipinski definition) is 2. The zero-order valence-electron chi connectivity index (χ0n) is 9.83. The van der Waals surface area contributed by atoms with Crippen LogP contribution in [0.25, 0.3) is 0 Å². The van der Waals surface area contributed by atoms with Gasteiger partial charge in [-0.2, -0.15) is 13.1 Å². The summed E-state index contributed by atoms with van der Waals surface area (Å²) in [5.74, 6) is -0.00264. The first-order valence-corrected chi connectivity index (χ1v) is 7.44. The Bertz CT molecular complexity index is 593. The molecule has 0 bridgehead atoms. The molecule has 2 atom stereocenters. The molecule has 1 fully saturated rings. The van der Waals surface area contributed by atoms with Gasteiger partial charge in [0, 0.05) is 0 Å². The van der Waals surface area contributed by atoms with Crippen LogP contribution in [0, 0.1) is 5.92 Å². The highest BCUT2D eigenvalue weighted by Crippen LogP contribution is 2.32. The predicted molar refractivity (Wildman–Crippen MR) is 70.1 cm³/mol. The van der Waals surface area contributed by atoms with E-state index in [0.717, 1.165) is 18.4 Å². The maximum atomic E-state index is 11.5. The maximum Gasteiger partial charge on any atom is 0.322 e. The third-order valence-corrected chi connectivity index (χ3v) is 4.54. The van der Waals surface area contributed by atoms with Gasteiger partial charge < -0.3 is 5.73 Å². The molecule has 0 aromatic carbocycles. The Morgan fingerprint density at radius 2 is 2.22 bits per heavy atom. The normalized spacial score (nSPS) is 33.0. The van der Waals surface area contributed by atoms with Crippen LogP contribution in [0.1, 0.15) is 19.3 Å². The van der Waals surface area contributed by atoms with E-state index >= 15 is 0 Å². The Morgan fingerprint density at radius 1 is 1.44 bits per heavy atom. The van der Waals surface area contributed by atoms with E-state index in [-0.39, 0.29) is 17.8 Å². The zero-order chi connectivity index (χ0) is 12.8. The summed E-state index contributed by atoms with van der Waals surface area (Å²) in [4.78, 5) is 0. The first kappa shape index (κ1) is 11.7. The monoisotopic (exact) mass is 265 g/mol. The minimum absolute atomic E-state index is 0.172. The van der Waals surface area contributed by atoms with E-state index in [4.69, 9.17) is 5.73 Å². The number of rotatable bonds is 1. The minimum Gasteiger partial charge on any atom is -0.386 e. The smallest absolute Gasteiger partial charge is 0.322 e. The summed E-state index contributed by atoms with van der Waals surface area (Å²) in [6.45, 7) is 0. The Hall–Kier alpha value is -1.40. The minimum atomic E-state index is -3.63. The molecular weight excluding hydrogens is 250 g/mol. The number of nitrogens with one attached hydrogen (secondary N) is 1. The van der Waals surface area contributed by atoms with Crippen LogP contribution in [0.5, 0.6) is 0 Å². The average Bonchev–Trinajstić information content (AvgIpc) is 2.21. The van der Waals surface area contributed by atoms with Crippen molar-refractivity contribution >= 4 is 16.0 Å². The van der Waals surface area contributed by atoms with Crippen LogP contribution in [0.2, 0.25) is 0 Å². The SMILES string of the molecule is NC1=NS(=O)(=O)NC2C=CC=C(C=C3CCC3)C12. The molecule has 0 aromatic rings. The first-order chi connectivity index (χ1) is 8.55. The fourth-order valence-electron chi connectivity index (χ4n) is 2.46. The predicted octanol–water partition coefficient (Wildman–Crippen LogP) is 0.783. The number of amidine groups is 1. The third-order valence-electron chi connectivity index (χ3n) is 3.52. The van der Waals surface area contributed by atoms with Gasteiger partial charge in [-0.25, -0.2) is 0 Å². The van der Waals surface area contributed by atoms with Gasteiger partial charge in [-0.3, -0.25) is 0 Å². The number of fused-ring (bicyclic) bond motifs is 1. The van der Waals surface area contributed by atoms with Crippen LogP contribution >= 0.6 is 0 Å². The highest BCUT2D eigenvalue weighted by Gasteiger charge is 2.35. The van der Waals surface area contributed by atoms with Crippen LogP contribution in [-0.4, -0.2) is 20.3 Å². The van der Waals surface area contributed by atoms with Crippen molar-refractivity contribution in [2.75, 3.05) is 0 Å². The molecule has 3 N–H and O–H groups in total. The maximum absolute atomic E-state index is 11.5. The third kappa shape index (κ3) is 2.02. The molecule has 18 heavy (non-hydrogen) atoms. The Labute approximate surface area is 106 Å². The number of nitrogens with zero attached hydrogens (tertiary/aromatic N) is 1. The van der Waals surface area contributed by atoms with Gasteiger partial charge in [0.1, 0.15) is 5.84 Å². The van der Waals surface area contributed by atoms with Gasteiger partial charge in [-0.15, -0.1) is 4.40 Å². The second-order valence-electron chi connectivity index (χ2n) is 4.82. The van der Waals surface area contributed by atoms with Gasteiger partial charge in [-0.1, -0.05) is 29.9 Å². The van der Waals surface area contributed by atoms with E-state index in [1.807, 2.05) is 18.2 Å². The van der Waals surface area contributed by atoms with Gasteiger partial charge in [0.2, 0.25) is 0 Å². The molecule has 1 heterocycles. The highest BCUT2D eigenvalue weighted by molar-refractivity contribution is 7.88. The lowest BCUT2D eigenvalue weighted by atomic mass is 9.82. The van der Waals surface area contributed by atoms with E-state index in [1.54, 1.807) is 0 Å². The molecule has 0 amide bonds. The largest absolute Gasteiger partial charge is 0.386 e. The average molecular weight is 265 g/mol. The molecule has 0 saturated heterocycles. The van der Waals surface area contributed by atoms with Gasteiger partial charge in [0.05, 0.1) is 12.0 Å². The number of allylic oxidation sites excluding steroid dienone is 4. The summed E-state index contributed by atoms with van der Waals surface area (Å²) in [5.41, 5.74) is 8.26. The fourth-order valence-corrected chi connectivity index (χ4v) is 3.47. The Morgan fingerprint density at radius 3 is 2.89 bits per heavy atom. The first-order valence-electron chi connectivity index (χ1n) is 6.00. The second-order valence-corrected chi connectivity index (χ2v) is 6.19. The van der Waals surface area contributed by atoms with Crippen LogP contribution in [0.15, 0.2) is 39.8 Å². The molecule has 1 aliphatic heterocycles. The number of nitrogens with two attached hydrogens (primary N) is 1. The summed E-state index contributed by atoms with van der Waals surface area (Å²) in [7, 11) is -3.63. The van der Waals surface area contributed by atoms with E-state index < -0.39 is 10.2 Å². The molecule has 3 aliphatic rings. The highest BCUT2D eigenvalue weighted by atomic mass is 32.2. The van der Waals surface area contributed by atoms with Crippen LogP contribution in [-0.2, 0) is 10.2 Å². The van der Waals surface area contributed by atoms with Crippen molar-refractivity contribution in [3.8, 4) is 0 Å². The summed E-state index contributed by atoms with van der Waals surface area (Å²) in [5, 5.41) is 0. The molecule has 0 spiro atoms. The lowest BCUT2D eigenvalue weighted by Gasteiger charge is -2.32. The van der Waals surface area contributed by atoms with Crippen molar-refractivity contribution in [3.05, 3.63) is 35.5 Å². The molecule has 1 saturated carbocycles. The quantitative estimate of drug-likeness (QED) is 0.735. The standard InChI is InChI=1S/C12H15N3O2S/c13-12-11-9(7-8-3-1-4-8)5-2-6-10(11)14-18(16,17)15-12/h2,5-7,10-11,14H,1,3-4H2,(H2,13,15). The molecule has 6 heteroatoms. The molecule has 5 nitrogen and oxygen atoms in total. The van der Waals surface area contributed by atoms with Gasteiger partial charge in [0.15, 0.2) is 0 Å². The van der Waals surface area contributed by atoms with Gasteiger partial charge in [0.25, 0.3) is 0 Å². The summed E-state index contributed by atoms with van der Waals surface area (Å²) < 4.78 is 29.0.